The summed E-state index contributed by atoms with van der Waals surface area (Å²) in [6.45, 7) is 0.564. The highest BCUT2D eigenvalue weighted by atomic mass is 35.5. The zero-order chi connectivity index (χ0) is 13.8. The Balaban J connectivity index is 2.07. The number of amides is 1. The van der Waals surface area contributed by atoms with E-state index >= 15 is 0 Å². The van der Waals surface area contributed by atoms with Crippen LogP contribution in [0.1, 0.15) is 25.7 Å². The van der Waals surface area contributed by atoms with E-state index in [2.05, 4.69) is 5.32 Å². The Morgan fingerprint density at radius 3 is 2.47 bits per heavy atom. The van der Waals surface area contributed by atoms with Gasteiger partial charge in [-0.15, -0.1) is 0 Å². The van der Waals surface area contributed by atoms with Gasteiger partial charge in [0.2, 0.25) is 5.91 Å². The summed E-state index contributed by atoms with van der Waals surface area (Å²) in [4.78, 5) is 12.3. The second kappa shape index (κ2) is 6.60. The molecule has 0 aromatic heterocycles. The molecular formula is C14H18Cl2N2O. The molecule has 19 heavy (non-hydrogen) atoms. The molecule has 0 radical (unpaired) electrons. The van der Waals surface area contributed by atoms with Crippen molar-refractivity contribution in [1.29, 1.82) is 0 Å². The molecule has 2 unspecified atom stereocenters. The van der Waals surface area contributed by atoms with E-state index in [0.717, 1.165) is 25.7 Å². The summed E-state index contributed by atoms with van der Waals surface area (Å²) in [6, 6.07) is 5.04. The standard InChI is InChI=1S/C14H18Cl2N2O/c15-10-5-11(16)7-12(6-10)18-14(19)13-4-2-1-3-9(13)8-17/h5-7,9,13H,1-4,8,17H2,(H,18,19). The molecule has 1 aliphatic rings. The van der Waals surface area contributed by atoms with Crippen molar-refractivity contribution in [3.63, 3.8) is 0 Å². The van der Waals surface area contributed by atoms with Crippen LogP contribution in [0.3, 0.4) is 0 Å². The summed E-state index contributed by atoms with van der Waals surface area (Å²) >= 11 is 11.8. The number of hydrogen-bond acceptors (Lipinski definition) is 2. The number of benzene rings is 1. The predicted molar refractivity (Wildman–Crippen MR) is 79.6 cm³/mol. The van der Waals surface area contributed by atoms with Crippen molar-refractivity contribution in [3.8, 4) is 0 Å². The minimum absolute atomic E-state index is 0.00323. The fourth-order valence-corrected chi connectivity index (χ4v) is 3.22. The molecule has 0 bridgehead atoms. The predicted octanol–water partition coefficient (Wildman–Crippen LogP) is 3.70. The molecule has 3 nitrogen and oxygen atoms in total. The van der Waals surface area contributed by atoms with Crippen LogP contribution in [0.5, 0.6) is 0 Å². The molecule has 0 saturated heterocycles. The maximum atomic E-state index is 12.3. The van der Waals surface area contributed by atoms with E-state index in [9.17, 15) is 4.79 Å². The van der Waals surface area contributed by atoms with E-state index < -0.39 is 0 Å². The van der Waals surface area contributed by atoms with Crippen molar-refractivity contribution in [2.45, 2.75) is 25.7 Å². The van der Waals surface area contributed by atoms with Crippen LogP contribution in [0.4, 0.5) is 5.69 Å². The van der Waals surface area contributed by atoms with Crippen LogP contribution < -0.4 is 11.1 Å². The van der Waals surface area contributed by atoms with Crippen molar-refractivity contribution in [3.05, 3.63) is 28.2 Å². The number of hydrogen-bond donors (Lipinski definition) is 2. The van der Waals surface area contributed by atoms with E-state index in [-0.39, 0.29) is 17.7 Å². The molecule has 2 atom stereocenters. The first-order chi connectivity index (χ1) is 9.10. The molecule has 0 heterocycles. The third-order valence-corrected chi connectivity index (χ3v) is 4.12. The van der Waals surface area contributed by atoms with Gasteiger partial charge in [0, 0.05) is 21.7 Å². The Bertz CT molecular complexity index is 445. The van der Waals surface area contributed by atoms with Gasteiger partial charge in [-0.25, -0.2) is 0 Å². The molecular weight excluding hydrogens is 283 g/mol. The molecule has 1 fully saturated rings. The van der Waals surface area contributed by atoms with Gasteiger partial charge in [-0.2, -0.15) is 0 Å². The summed E-state index contributed by atoms with van der Waals surface area (Å²) in [7, 11) is 0. The number of carbonyl (C=O) groups excluding carboxylic acids is 1. The maximum absolute atomic E-state index is 12.3. The molecule has 1 amide bonds. The molecule has 3 N–H and O–H groups in total. The van der Waals surface area contributed by atoms with E-state index in [1.54, 1.807) is 18.2 Å². The fraction of sp³-hybridized carbons (Fsp3) is 0.500. The van der Waals surface area contributed by atoms with Gasteiger partial charge in [0.15, 0.2) is 0 Å². The van der Waals surface area contributed by atoms with E-state index in [4.69, 9.17) is 28.9 Å². The highest BCUT2D eigenvalue weighted by molar-refractivity contribution is 6.35. The minimum Gasteiger partial charge on any atom is -0.330 e. The van der Waals surface area contributed by atoms with Crippen LogP contribution in [0.2, 0.25) is 10.0 Å². The zero-order valence-corrected chi connectivity index (χ0v) is 12.2. The number of nitrogens with one attached hydrogen (secondary N) is 1. The van der Waals surface area contributed by atoms with Crippen molar-refractivity contribution in [2.75, 3.05) is 11.9 Å². The highest BCUT2D eigenvalue weighted by Crippen LogP contribution is 2.31. The normalized spacial score (nSPS) is 23.1. The Morgan fingerprint density at radius 2 is 1.84 bits per heavy atom. The van der Waals surface area contributed by atoms with Crippen LogP contribution in [0.25, 0.3) is 0 Å². The Hall–Kier alpha value is -0.770. The Labute approximate surface area is 123 Å². The van der Waals surface area contributed by atoms with Gasteiger partial charge >= 0.3 is 0 Å². The van der Waals surface area contributed by atoms with Crippen molar-refractivity contribution in [1.82, 2.24) is 0 Å². The molecule has 0 spiro atoms. The highest BCUT2D eigenvalue weighted by Gasteiger charge is 2.29. The largest absolute Gasteiger partial charge is 0.330 e. The van der Waals surface area contributed by atoms with Gasteiger partial charge in [-0.3, -0.25) is 4.79 Å². The number of rotatable bonds is 3. The average molecular weight is 301 g/mol. The lowest BCUT2D eigenvalue weighted by molar-refractivity contribution is -0.122. The Morgan fingerprint density at radius 1 is 1.21 bits per heavy atom. The van der Waals surface area contributed by atoms with Crippen LogP contribution in [0.15, 0.2) is 18.2 Å². The molecule has 1 aliphatic carbocycles. The molecule has 0 aliphatic heterocycles. The number of nitrogens with two attached hydrogens (primary N) is 1. The number of carbonyl (C=O) groups is 1. The van der Waals surface area contributed by atoms with Gasteiger partial charge in [-0.05, 0) is 43.5 Å². The summed E-state index contributed by atoms with van der Waals surface area (Å²) in [5.74, 6) is 0.299. The van der Waals surface area contributed by atoms with E-state index in [1.807, 2.05) is 0 Å². The smallest absolute Gasteiger partial charge is 0.227 e. The first-order valence-corrected chi connectivity index (χ1v) is 7.33. The summed E-state index contributed by atoms with van der Waals surface area (Å²) < 4.78 is 0. The summed E-state index contributed by atoms with van der Waals surface area (Å²) in [5, 5.41) is 3.93. The van der Waals surface area contributed by atoms with Crippen LogP contribution in [0, 0.1) is 11.8 Å². The van der Waals surface area contributed by atoms with Gasteiger partial charge in [0.25, 0.3) is 0 Å². The molecule has 2 rings (SSSR count). The molecule has 1 saturated carbocycles. The second-order valence-electron chi connectivity index (χ2n) is 5.03. The van der Waals surface area contributed by atoms with Crippen LogP contribution in [-0.4, -0.2) is 12.5 Å². The van der Waals surface area contributed by atoms with E-state index in [1.165, 1.54) is 0 Å². The SMILES string of the molecule is NCC1CCCCC1C(=O)Nc1cc(Cl)cc(Cl)c1. The van der Waals surface area contributed by atoms with Crippen LogP contribution in [-0.2, 0) is 4.79 Å². The molecule has 5 heteroatoms. The lowest BCUT2D eigenvalue weighted by atomic mass is 9.78. The van der Waals surface area contributed by atoms with Crippen molar-refractivity contribution >= 4 is 34.8 Å². The molecule has 104 valence electrons. The zero-order valence-electron chi connectivity index (χ0n) is 10.7. The number of anilines is 1. The monoisotopic (exact) mass is 300 g/mol. The lowest BCUT2D eigenvalue weighted by Crippen LogP contribution is -2.35. The van der Waals surface area contributed by atoms with Gasteiger partial charge in [-0.1, -0.05) is 36.0 Å². The fourth-order valence-electron chi connectivity index (χ4n) is 2.70. The van der Waals surface area contributed by atoms with Gasteiger partial charge in [0.1, 0.15) is 0 Å². The average Bonchev–Trinajstić information content (AvgIpc) is 2.37. The number of halogens is 2. The first-order valence-electron chi connectivity index (χ1n) is 6.57. The first kappa shape index (κ1) is 14.6. The third-order valence-electron chi connectivity index (χ3n) is 3.68. The van der Waals surface area contributed by atoms with Crippen molar-refractivity contribution in [2.24, 2.45) is 17.6 Å². The molecule has 1 aromatic rings. The van der Waals surface area contributed by atoms with Gasteiger partial charge < -0.3 is 11.1 Å². The lowest BCUT2D eigenvalue weighted by Gasteiger charge is -2.29. The van der Waals surface area contributed by atoms with Gasteiger partial charge in [0.05, 0.1) is 0 Å². The van der Waals surface area contributed by atoms with Crippen molar-refractivity contribution < 1.29 is 4.79 Å². The topological polar surface area (TPSA) is 55.1 Å². The molecule has 1 aromatic carbocycles. The summed E-state index contributed by atoms with van der Waals surface area (Å²) in [5.41, 5.74) is 6.39. The third kappa shape index (κ3) is 3.85. The van der Waals surface area contributed by atoms with Crippen LogP contribution >= 0.6 is 23.2 Å². The Kier molecular flexibility index (Phi) is 5.08. The summed E-state index contributed by atoms with van der Waals surface area (Å²) in [6.07, 6.45) is 4.19. The minimum atomic E-state index is -0.00323. The maximum Gasteiger partial charge on any atom is 0.227 e. The quantitative estimate of drug-likeness (QED) is 0.894. The van der Waals surface area contributed by atoms with E-state index in [0.29, 0.717) is 22.3 Å². The second-order valence-corrected chi connectivity index (χ2v) is 5.91.